The number of benzene rings is 1. The molecule has 0 saturated carbocycles. The van der Waals surface area contributed by atoms with Crippen LogP contribution in [0.25, 0.3) is 5.69 Å². The first kappa shape index (κ1) is 14.4. The van der Waals surface area contributed by atoms with Gasteiger partial charge in [0.15, 0.2) is 0 Å². The van der Waals surface area contributed by atoms with Crippen molar-refractivity contribution < 1.29 is 4.39 Å². The first-order chi connectivity index (χ1) is 11.1. The maximum Gasteiger partial charge on any atom is 0.129 e. The van der Waals surface area contributed by atoms with Gasteiger partial charge in [-0.15, -0.1) is 0 Å². The second-order valence-corrected chi connectivity index (χ2v) is 5.98. The molecule has 0 bridgehead atoms. The molecule has 3 aromatic rings. The Kier molecular flexibility index (Phi) is 3.43. The molecule has 2 aromatic heterocycles. The maximum atomic E-state index is 13.8. The Morgan fingerprint density at radius 3 is 2.78 bits per heavy atom. The van der Waals surface area contributed by atoms with Gasteiger partial charge in [-0.3, -0.25) is 4.99 Å². The fourth-order valence-corrected chi connectivity index (χ4v) is 3.11. The molecule has 114 valence electrons. The zero-order chi connectivity index (χ0) is 16.0. The molecular formula is C17H10Cl2FN3. The Hall–Kier alpha value is -2.17. The monoisotopic (exact) mass is 345 g/mol. The highest BCUT2D eigenvalue weighted by atomic mass is 35.5. The highest BCUT2D eigenvalue weighted by Gasteiger charge is 2.20. The smallest absolute Gasteiger partial charge is 0.129 e. The molecule has 0 fully saturated rings. The molecule has 0 unspecified atom stereocenters. The lowest BCUT2D eigenvalue weighted by Crippen LogP contribution is -2.08. The highest BCUT2D eigenvalue weighted by molar-refractivity contribution is 6.31. The van der Waals surface area contributed by atoms with E-state index in [1.807, 2.05) is 29.0 Å². The zero-order valence-corrected chi connectivity index (χ0v) is 13.3. The van der Waals surface area contributed by atoms with E-state index < -0.39 is 0 Å². The third-order valence-electron chi connectivity index (χ3n) is 3.78. The van der Waals surface area contributed by atoms with Crippen molar-refractivity contribution in [3.63, 3.8) is 0 Å². The van der Waals surface area contributed by atoms with Crippen LogP contribution in [0.3, 0.4) is 0 Å². The molecule has 0 N–H and O–H groups in total. The summed E-state index contributed by atoms with van der Waals surface area (Å²) < 4.78 is 15.7. The normalized spacial score (nSPS) is 13.1. The van der Waals surface area contributed by atoms with Gasteiger partial charge in [0.2, 0.25) is 0 Å². The van der Waals surface area contributed by atoms with Crippen LogP contribution in [-0.4, -0.2) is 15.3 Å². The number of nitrogens with zero attached hydrogens (tertiary/aromatic N) is 3. The molecule has 3 heterocycles. The number of rotatable bonds is 1. The van der Waals surface area contributed by atoms with Gasteiger partial charge in [0, 0.05) is 23.5 Å². The number of fused-ring (bicyclic) bond motifs is 3. The molecule has 6 heteroatoms. The Bertz CT molecular complexity index is 930. The van der Waals surface area contributed by atoms with Crippen LogP contribution in [0.4, 0.5) is 4.39 Å². The molecule has 0 spiro atoms. The minimum atomic E-state index is -0.370. The number of halogens is 3. The molecule has 0 amide bonds. The third kappa shape index (κ3) is 2.44. The van der Waals surface area contributed by atoms with Gasteiger partial charge in [0.05, 0.1) is 28.7 Å². The molecule has 3 nitrogen and oxygen atoms in total. The first-order valence-electron chi connectivity index (χ1n) is 6.96. The van der Waals surface area contributed by atoms with Crippen LogP contribution in [0.2, 0.25) is 10.2 Å². The quantitative estimate of drug-likeness (QED) is 0.589. The summed E-state index contributed by atoms with van der Waals surface area (Å²) in [5, 5.41) is 0.797. The van der Waals surface area contributed by atoms with Crippen LogP contribution in [0.1, 0.15) is 16.8 Å². The maximum absolute atomic E-state index is 13.8. The van der Waals surface area contributed by atoms with Gasteiger partial charge >= 0.3 is 0 Å². The fourth-order valence-electron chi connectivity index (χ4n) is 2.74. The molecular weight excluding hydrogens is 336 g/mol. The Morgan fingerprint density at radius 1 is 1.13 bits per heavy atom. The van der Waals surface area contributed by atoms with Gasteiger partial charge < -0.3 is 4.57 Å². The molecule has 0 radical (unpaired) electrons. The van der Waals surface area contributed by atoms with E-state index in [4.69, 9.17) is 23.2 Å². The fraction of sp³-hybridized carbons (Fsp3) is 0.0588. The molecule has 0 saturated heterocycles. The lowest BCUT2D eigenvalue weighted by molar-refractivity contribution is 0.626. The van der Waals surface area contributed by atoms with Crippen LogP contribution in [-0.2, 0) is 6.54 Å². The van der Waals surface area contributed by atoms with Crippen molar-refractivity contribution >= 4 is 28.9 Å². The number of aliphatic imine (C=N–C) groups is 1. The minimum Gasteiger partial charge on any atom is -0.315 e. The van der Waals surface area contributed by atoms with E-state index in [0.29, 0.717) is 22.4 Å². The summed E-state index contributed by atoms with van der Waals surface area (Å²) >= 11 is 12.1. The SMILES string of the molecule is Fc1cc(Cl)c2c(c1)-n1cccc1C(c1ccc(Cl)nc1)=NC2. The summed E-state index contributed by atoms with van der Waals surface area (Å²) in [6.07, 6.45) is 3.55. The lowest BCUT2D eigenvalue weighted by Gasteiger charge is -2.12. The second-order valence-electron chi connectivity index (χ2n) is 5.18. The van der Waals surface area contributed by atoms with Crippen LogP contribution >= 0.6 is 23.2 Å². The molecule has 1 aliphatic rings. The lowest BCUT2D eigenvalue weighted by atomic mass is 10.1. The average Bonchev–Trinajstić information content (AvgIpc) is 2.94. The van der Waals surface area contributed by atoms with E-state index in [9.17, 15) is 4.39 Å². The summed E-state index contributed by atoms with van der Waals surface area (Å²) in [5.41, 5.74) is 3.97. The van der Waals surface area contributed by atoms with Gasteiger partial charge in [-0.25, -0.2) is 9.37 Å². The third-order valence-corrected chi connectivity index (χ3v) is 4.34. The first-order valence-corrected chi connectivity index (χ1v) is 7.71. The average molecular weight is 346 g/mol. The number of hydrogen-bond donors (Lipinski definition) is 0. The van der Waals surface area contributed by atoms with Crippen molar-refractivity contribution in [2.24, 2.45) is 4.99 Å². The second kappa shape index (κ2) is 5.48. The van der Waals surface area contributed by atoms with E-state index in [1.165, 1.54) is 12.1 Å². The van der Waals surface area contributed by atoms with Gasteiger partial charge in [-0.1, -0.05) is 23.2 Å². The Morgan fingerprint density at radius 2 is 2.00 bits per heavy atom. The number of pyridine rings is 1. The van der Waals surface area contributed by atoms with Crippen molar-refractivity contribution in [1.82, 2.24) is 9.55 Å². The van der Waals surface area contributed by atoms with Crippen molar-refractivity contribution in [2.45, 2.75) is 6.54 Å². The highest BCUT2D eigenvalue weighted by Crippen LogP contribution is 2.30. The van der Waals surface area contributed by atoms with Crippen molar-refractivity contribution in [1.29, 1.82) is 0 Å². The molecule has 0 atom stereocenters. The van der Waals surface area contributed by atoms with Crippen molar-refractivity contribution in [3.8, 4) is 5.69 Å². The predicted octanol–water partition coefficient (Wildman–Crippen LogP) is 4.67. The van der Waals surface area contributed by atoms with Crippen molar-refractivity contribution in [2.75, 3.05) is 0 Å². The molecule has 1 aliphatic heterocycles. The molecule has 4 rings (SSSR count). The van der Waals surface area contributed by atoms with Crippen molar-refractivity contribution in [3.05, 3.63) is 81.6 Å². The summed E-state index contributed by atoms with van der Waals surface area (Å²) in [7, 11) is 0. The van der Waals surface area contributed by atoms with E-state index >= 15 is 0 Å². The predicted molar refractivity (Wildman–Crippen MR) is 89.3 cm³/mol. The van der Waals surface area contributed by atoms with E-state index in [1.54, 1.807) is 12.3 Å². The largest absolute Gasteiger partial charge is 0.315 e. The minimum absolute atomic E-state index is 0.369. The molecule has 23 heavy (non-hydrogen) atoms. The van der Waals surface area contributed by atoms with Gasteiger partial charge in [-0.05, 0) is 36.4 Å². The summed E-state index contributed by atoms with van der Waals surface area (Å²) in [6.45, 7) is 0.369. The topological polar surface area (TPSA) is 30.2 Å². The summed E-state index contributed by atoms with van der Waals surface area (Å²) in [6, 6.07) is 10.2. The van der Waals surface area contributed by atoms with E-state index in [0.717, 1.165) is 22.5 Å². The van der Waals surface area contributed by atoms with Gasteiger partial charge in [-0.2, -0.15) is 0 Å². The molecule has 1 aromatic carbocycles. The Labute approximate surface area is 142 Å². The van der Waals surface area contributed by atoms with Crippen LogP contribution < -0.4 is 0 Å². The van der Waals surface area contributed by atoms with Gasteiger partial charge in [0.25, 0.3) is 0 Å². The summed E-state index contributed by atoms with van der Waals surface area (Å²) in [4.78, 5) is 8.79. The Balaban J connectivity index is 1.94. The number of aromatic nitrogens is 2. The van der Waals surface area contributed by atoms with E-state index in [-0.39, 0.29) is 5.82 Å². The standard InChI is InChI=1S/C17H10Cl2FN3/c18-13-6-11(20)7-15-12(13)9-22-17(14-2-1-5-23(14)15)10-3-4-16(19)21-8-10/h1-8H,9H2. The van der Waals surface area contributed by atoms with E-state index in [2.05, 4.69) is 9.98 Å². The van der Waals surface area contributed by atoms with Crippen LogP contribution in [0.15, 0.2) is 53.8 Å². The van der Waals surface area contributed by atoms with Crippen LogP contribution in [0.5, 0.6) is 0 Å². The zero-order valence-electron chi connectivity index (χ0n) is 11.8. The molecule has 0 aliphatic carbocycles. The van der Waals surface area contributed by atoms with Crippen LogP contribution in [0, 0.1) is 5.82 Å². The van der Waals surface area contributed by atoms with Gasteiger partial charge in [0.1, 0.15) is 11.0 Å². The summed E-state index contributed by atoms with van der Waals surface area (Å²) in [5.74, 6) is -0.370. The number of hydrogen-bond acceptors (Lipinski definition) is 2.